The van der Waals surface area contributed by atoms with Gasteiger partial charge in [-0.15, -0.1) is 0 Å². The molecule has 0 saturated carbocycles. The fraction of sp³-hybridized carbons (Fsp3) is 0.182. The summed E-state index contributed by atoms with van der Waals surface area (Å²) in [6, 6.07) is 7.40. The Kier molecular flexibility index (Phi) is 4.19. The summed E-state index contributed by atoms with van der Waals surface area (Å²) in [7, 11) is 0. The van der Waals surface area contributed by atoms with Crippen LogP contribution < -0.4 is 10.5 Å². The van der Waals surface area contributed by atoms with Crippen molar-refractivity contribution in [1.82, 2.24) is 4.98 Å². The minimum absolute atomic E-state index is 0.103. The highest BCUT2D eigenvalue weighted by molar-refractivity contribution is 9.10. The van der Waals surface area contributed by atoms with E-state index in [0.29, 0.717) is 28.6 Å². The zero-order valence-electron chi connectivity index (χ0n) is 15.5. The molecular formula is C22H16BrClFN3O. The number of hydrogen-bond donors (Lipinski definition) is 1. The number of halogens is 3. The standard InChI is InChI=1S/C22H16BrClFN3O/c1-2-11-7-18(25)20-15(9-17(11)24)22(14-8-12(23)3-4-19(14)29-20)16-10-27-6-5-13(16)21(26)28-22/h3-6,8-10H,2,7H2,1H3,(H2,26,28). The predicted octanol–water partition coefficient (Wildman–Crippen LogP) is 5.61. The smallest absolute Gasteiger partial charge is 0.165 e. The van der Waals surface area contributed by atoms with Gasteiger partial charge in [0.1, 0.15) is 23.0 Å². The minimum atomic E-state index is -1.08. The third-order valence-electron chi connectivity index (χ3n) is 5.60. The van der Waals surface area contributed by atoms with Gasteiger partial charge in [0.15, 0.2) is 5.76 Å². The van der Waals surface area contributed by atoms with Crippen LogP contribution in [0.2, 0.25) is 0 Å². The van der Waals surface area contributed by atoms with Gasteiger partial charge in [0, 0.05) is 50.6 Å². The van der Waals surface area contributed by atoms with Crippen LogP contribution in [-0.4, -0.2) is 10.8 Å². The lowest BCUT2D eigenvalue weighted by Crippen LogP contribution is -2.33. The van der Waals surface area contributed by atoms with Crippen LogP contribution in [0.4, 0.5) is 4.39 Å². The van der Waals surface area contributed by atoms with Crippen LogP contribution in [0.15, 0.2) is 80.0 Å². The first kappa shape index (κ1) is 18.6. The van der Waals surface area contributed by atoms with Gasteiger partial charge < -0.3 is 10.5 Å². The van der Waals surface area contributed by atoms with E-state index in [0.717, 1.165) is 26.7 Å². The van der Waals surface area contributed by atoms with Gasteiger partial charge in [-0.2, -0.15) is 0 Å². The van der Waals surface area contributed by atoms with E-state index in [1.54, 1.807) is 24.5 Å². The minimum Gasteiger partial charge on any atom is -0.454 e. The van der Waals surface area contributed by atoms with Crippen LogP contribution in [0.1, 0.15) is 36.5 Å². The van der Waals surface area contributed by atoms with Crippen molar-refractivity contribution in [3.63, 3.8) is 0 Å². The van der Waals surface area contributed by atoms with E-state index >= 15 is 4.39 Å². The molecule has 146 valence electrons. The van der Waals surface area contributed by atoms with E-state index in [2.05, 4.69) is 20.9 Å². The van der Waals surface area contributed by atoms with Gasteiger partial charge in [-0.3, -0.25) is 4.98 Å². The third kappa shape index (κ3) is 2.55. The lowest BCUT2D eigenvalue weighted by atomic mass is 9.75. The Labute approximate surface area is 180 Å². The number of fused-ring (bicyclic) bond motifs is 6. The number of aromatic nitrogens is 1. The molecule has 3 heterocycles. The number of nitrogens with two attached hydrogens (primary N) is 1. The SMILES string of the molecule is CCC1=C(Cl)C=C2C(=C(F)C1)Oc1ccc(Br)cc1C21N=C(N)c2ccncc21. The van der Waals surface area contributed by atoms with Gasteiger partial charge in [0.25, 0.3) is 0 Å². The second-order valence-corrected chi connectivity index (χ2v) is 8.47. The highest BCUT2D eigenvalue weighted by Gasteiger charge is 2.52. The monoisotopic (exact) mass is 471 g/mol. The van der Waals surface area contributed by atoms with Gasteiger partial charge in [-0.25, -0.2) is 9.38 Å². The molecule has 2 aliphatic heterocycles. The van der Waals surface area contributed by atoms with Crippen LogP contribution in [0.3, 0.4) is 0 Å². The maximum Gasteiger partial charge on any atom is 0.165 e. The average molecular weight is 473 g/mol. The zero-order valence-corrected chi connectivity index (χ0v) is 17.8. The molecule has 2 N–H and O–H groups in total. The van der Waals surface area contributed by atoms with Crippen molar-refractivity contribution in [1.29, 1.82) is 0 Å². The van der Waals surface area contributed by atoms with Gasteiger partial charge in [0.2, 0.25) is 0 Å². The molecule has 0 fully saturated rings. The summed E-state index contributed by atoms with van der Waals surface area (Å²) in [6.07, 6.45) is 5.91. The average Bonchev–Trinajstić information content (AvgIpc) is 2.94. The Bertz CT molecular complexity index is 1200. The summed E-state index contributed by atoms with van der Waals surface area (Å²) in [5.41, 5.74) is 8.89. The molecule has 0 amide bonds. The van der Waals surface area contributed by atoms with Crippen molar-refractivity contribution in [3.05, 3.63) is 91.7 Å². The second kappa shape index (κ2) is 6.54. The molecular weight excluding hydrogens is 457 g/mol. The lowest BCUT2D eigenvalue weighted by Gasteiger charge is -2.37. The van der Waals surface area contributed by atoms with Crippen LogP contribution in [-0.2, 0) is 5.54 Å². The number of benzene rings is 1. The number of amidine groups is 1. The van der Waals surface area contributed by atoms with E-state index < -0.39 is 5.54 Å². The maximum absolute atomic E-state index is 15.4. The molecule has 29 heavy (non-hydrogen) atoms. The normalized spacial score (nSPS) is 22.5. The Morgan fingerprint density at radius 1 is 1.31 bits per heavy atom. The molecule has 1 atom stereocenters. The molecule has 1 aliphatic carbocycles. The summed E-state index contributed by atoms with van der Waals surface area (Å²) in [4.78, 5) is 9.18. The highest BCUT2D eigenvalue weighted by atomic mass is 79.9. The summed E-state index contributed by atoms with van der Waals surface area (Å²) in [6.45, 7) is 1.95. The Hall–Kier alpha value is -2.44. The molecule has 1 unspecified atom stereocenters. The first-order chi connectivity index (χ1) is 14.0. The van der Waals surface area contributed by atoms with Crippen molar-refractivity contribution in [2.24, 2.45) is 10.7 Å². The molecule has 0 bridgehead atoms. The molecule has 7 heteroatoms. The van der Waals surface area contributed by atoms with Crippen molar-refractivity contribution in [2.75, 3.05) is 0 Å². The number of rotatable bonds is 1. The number of pyridine rings is 1. The molecule has 1 aromatic carbocycles. The molecule has 0 radical (unpaired) electrons. The van der Waals surface area contributed by atoms with Crippen molar-refractivity contribution in [3.8, 4) is 5.75 Å². The highest BCUT2D eigenvalue weighted by Crippen LogP contribution is 2.56. The first-order valence-electron chi connectivity index (χ1n) is 9.22. The molecule has 4 nitrogen and oxygen atoms in total. The quantitative estimate of drug-likeness (QED) is 0.586. The third-order valence-corrected chi connectivity index (χ3v) is 6.47. The van der Waals surface area contributed by atoms with Gasteiger partial charge in [-0.05, 0) is 42.3 Å². The van der Waals surface area contributed by atoms with Crippen LogP contribution in [0.5, 0.6) is 5.75 Å². The lowest BCUT2D eigenvalue weighted by molar-refractivity contribution is 0.353. The Morgan fingerprint density at radius 2 is 2.14 bits per heavy atom. The summed E-state index contributed by atoms with van der Waals surface area (Å²) in [5.74, 6) is 0.674. The van der Waals surface area contributed by atoms with E-state index in [4.69, 9.17) is 27.1 Å². The zero-order chi connectivity index (χ0) is 20.3. The summed E-state index contributed by atoms with van der Waals surface area (Å²) in [5, 5.41) is 0.500. The maximum atomic E-state index is 15.4. The topological polar surface area (TPSA) is 60.5 Å². The second-order valence-electron chi connectivity index (χ2n) is 7.15. The van der Waals surface area contributed by atoms with Crippen molar-refractivity contribution in [2.45, 2.75) is 25.3 Å². The number of hydrogen-bond acceptors (Lipinski definition) is 4. The molecule has 2 aromatic rings. The van der Waals surface area contributed by atoms with Gasteiger partial charge in [0.05, 0.1) is 0 Å². The number of allylic oxidation sites excluding steroid dienone is 4. The van der Waals surface area contributed by atoms with Gasteiger partial charge >= 0.3 is 0 Å². The molecule has 1 spiro atoms. The fourth-order valence-corrected chi connectivity index (χ4v) is 4.88. The number of aliphatic imine (C=N–C) groups is 1. The van der Waals surface area contributed by atoms with Crippen molar-refractivity contribution >= 4 is 33.4 Å². The largest absolute Gasteiger partial charge is 0.454 e. The van der Waals surface area contributed by atoms with Gasteiger partial charge in [-0.1, -0.05) is 34.5 Å². The van der Waals surface area contributed by atoms with Crippen molar-refractivity contribution < 1.29 is 9.13 Å². The molecule has 5 rings (SSSR count). The van der Waals surface area contributed by atoms with E-state index in [1.807, 2.05) is 25.1 Å². The number of nitrogens with zero attached hydrogens (tertiary/aromatic N) is 2. The Balaban J connectivity index is 1.93. The predicted molar refractivity (Wildman–Crippen MR) is 115 cm³/mol. The number of ether oxygens (including phenoxy) is 1. The van der Waals surface area contributed by atoms with E-state index in [9.17, 15) is 0 Å². The van der Waals surface area contributed by atoms with E-state index in [-0.39, 0.29) is 18.0 Å². The van der Waals surface area contributed by atoms with Crippen LogP contribution >= 0.6 is 27.5 Å². The molecule has 1 aromatic heterocycles. The fourth-order valence-electron chi connectivity index (χ4n) is 4.21. The summed E-state index contributed by atoms with van der Waals surface area (Å²) < 4.78 is 22.3. The van der Waals surface area contributed by atoms with Crippen LogP contribution in [0, 0.1) is 0 Å². The van der Waals surface area contributed by atoms with E-state index in [1.165, 1.54) is 0 Å². The molecule has 3 aliphatic rings. The molecule has 0 saturated heterocycles. The summed E-state index contributed by atoms with van der Waals surface area (Å²) >= 11 is 10.1. The first-order valence-corrected chi connectivity index (χ1v) is 10.4. The van der Waals surface area contributed by atoms with Crippen LogP contribution in [0.25, 0.3) is 0 Å². The Morgan fingerprint density at radius 3 is 2.93 bits per heavy atom.